The molecule has 3 heteroatoms. The Morgan fingerprint density at radius 2 is 1.79 bits per heavy atom. The molecule has 0 saturated carbocycles. The van der Waals surface area contributed by atoms with Crippen LogP contribution in [0.3, 0.4) is 0 Å². The lowest BCUT2D eigenvalue weighted by Gasteiger charge is -2.19. The Labute approximate surface area is 114 Å². The molecule has 1 heterocycles. The molecule has 100 valence electrons. The third kappa shape index (κ3) is 2.03. The first kappa shape index (κ1) is 12.3. The molecule has 1 aromatic heterocycles. The summed E-state index contributed by atoms with van der Waals surface area (Å²) in [5.41, 5.74) is 11.2. The van der Waals surface area contributed by atoms with Crippen molar-refractivity contribution in [3.63, 3.8) is 0 Å². The van der Waals surface area contributed by atoms with Crippen LogP contribution < -0.4 is 5.73 Å². The molecule has 1 aliphatic carbocycles. The number of hydrogen-bond donors (Lipinski definition) is 1. The quantitative estimate of drug-likeness (QED) is 0.850. The lowest BCUT2D eigenvalue weighted by Crippen LogP contribution is -2.11. The molecule has 3 rings (SSSR count). The van der Waals surface area contributed by atoms with Gasteiger partial charge in [0, 0.05) is 11.3 Å². The van der Waals surface area contributed by atoms with Gasteiger partial charge in [-0.05, 0) is 42.4 Å². The highest BCUT2D eigenvalue weighted by Gasteiger charge is 2.22. The standard InChI is InChI=1S/C16H21N3/c1-16(2,3)11-7-9-12(10-8-11)19-14-6-4-5-13(14)15(17)18-19/h7-10H,4-6H2,1-3H3,(H2,17,18). The van der Waals surface area contributed by atoms with E-state index < -0.39 is 0 Å². The fourth-order valence-corrected chi connectivity index (χ4v) is 2.78. The summed E-state index contributed by atoms with van der Waals surface area (Å²) in [6.07, 6.45) is 3.35. The van der Waals surface area contributed by atoms with Gasteiger partial charge >= 0.3 is 0 Å². The van der Waals surface area contributed by atoms with Crippen LogP contribution in [0.25, 0.3) is 5.69 Å². The van der Waals surface area contributed by atoms with Crippen molar-refractivity contribution in [1.82, 2.24) is 9.78 Å². The van der Waals surface area contributed by atoms with E-state index in [0.717, 1.165) is 18.5 Å². The number of anilines is 1. The molecule has 0 atom stereocenters. The van der Waals surface area contributed by atoms with E-state index in [1.807, 2.05) is 4.68 Å². The Morgan fingerprint density at radius 1 is 1.11 bits per heavy atom. The molecule has 2 N–H and O–H groups in total. The molecule has 0 fully saturated rings. The molecule has 0 spiro atoms. The van der Waals surface area contributed by atoms with Crippen LogP contribution in [-0.4, -0.2) is 9.78 Å². The van der Waals surface area contributed by atoms with Crippen molar-refractivity contribution in [2.75, 3.05) is 5.73 Å². The third-order valence-electron chi connectivity index (χ3n) is 3.94. The first-order valence-electron chi connectivity index (χ1n) is 6.94. The number of hydrogen-bond acceptors (Lipinski definition) is 2. The maximum absolute atomic E-state index is 6.00. The molecule has 3 nitrogen and oxygen atoms in total. The van der Waals surface area contributed by atoms with Crippen LogP contribution in [-0.2, 0) is 18.3 Å². The van der Waals surface area contributed by atoms with E-state index >= 15 is 0 Å². The Bertz CT molecular complexity index is 600. The van der Waals surface area contributed by atoms with E-state index in [1.54, 1.807) is 0 Å². The number of benzene rings is 1. The molecule has 0 saturated heterocycles. The van der Waals surface area contributed by atoms with Gasteiger partial charge in [0.25, 0.3) is 0 Å². The van der Waals surface area contributed by atoms with E-state index in [0.29, 0.717) is 5.82 Å². The van der Waals surface area contributed by atoms with E-state index in [1.165, 1.54) is 23.2 Å². The summed E-state index contributed by atoms with van der Waals surface area (Å²) in [5, 5.41) is 4.49. The Hall–Kier alpha value is -1.77. The number of aromatic nitrogens is 2. The Balaban J connectivity index is 2.02. The van der Waals surface area contributed by atoms with Crippen molar-refractivity contribution >= 4 is 5.82 Å². The van der Waals surface area contributed by atoms with Crippen LogP contribution in [0.2, 0.25) is 0 Å². The molecule has 2 aromatic rings. The minimum absolute atomic E-state index is 0.184. The summed E-state index contributed by atoms with van der Waals surface area (Å²) in [7, 11) is 0. The summed E-state index contributed by atoms with van der Waals surface area (Å²) >= 11 is 0. The van der Waals surface area contributed by atoms with Gasteiger partial charge < -0.3 is 5.73 Å². The normalized spacial score (nSPS) is 14.7. The minimum atomic E-state index is 0.184. The largest absolute Gasteiger partial charge is 0.382 e. The molecule has 0 bridgehead atoms. The summed E-state index contributed by atoms with van der Waals surface area (Å²) < 4.78 is 2.02. The average Bonchev–Trinajstić information content (AvgIpc) is 2.93. The molecule has 0 unspecified atom stereocenters. The van der Waals surface area contributed by atoms with Crippen LogP contribution in [0.5, 0.6) is 0 Å². The van der Waals surface area contributed by atoms with Gasteiger partial charge in [-0.3, -0.25) is 0 Å². The van der Waals surface area contributed by atoms with Gasteiger partial charge in [0.2, 0.25) is 0 Å². The summed E-state index contributed by atoms with van der Waals surface area (Å²) in [4.78, 5) is 0. The topological polar surface area (TPSA) is 43.8 Å². The van der Waals surface area contributed by atoms with E-state index in [-0.39, 0.29) is 5.41 Å². The van der Waals surface area contributed by atoms with Gasteiger partial charge in [-0.15, -0.1) is 0 Å². The van der Waals surface area contributed by atoms with E-state index in [2.05, 4.69) is 50.1 Å². The van der Waals surface area contributed by atoms with Crippen molar-refractivity contribution in [2.24, 2.45) is 0 Å². The summed E-state index contributed by atoms with van der Waals surface area (Å²) in [6, 6.07) is 8.67. The number of nitrogens with zero attached hydrogens (tertiary/aromatic N) is 2. The first-order valence-corrected chi connectivity index (χ1v) is 6.94. The van der Waals surface area contributed by atoms with E-state index in [4.69, 9.17) is 5.73 Å². The second-order valence-corrected chi connectivity index (χ2v) is 6.37. The lowest BCUT2D eigenvalue weighted by atomic mass is 9.87. The summed E-state index contributed by atoms with van der Waals surface area (Å²) in [5.74, 6) is 0.701. The number of nitrogens with two attached hydrogens (primary N) is 1. The molecule has 1 aliphatic rings. The van der Waals surface area contributed by atoms with Crippen LogP contribution >= 0.6 is 0 Å². The van der Waals surface area contributed by atoms with Gasteiger partial charge in [0.05, 0.1) is 5.69 Å². The zero-order valence-electron chi connectivity index (χ0n) is 11.9. The van der Waals surface area contributed by atoms with Gasteiger partial charge in [-0.25, -0.2) is 4.68 Å². The molecule has 0 radical (unpaired) electrons. The molecule has 0 aliphatic heterocycles. The van der Waals surface area contributed by atoms with Crippen molar-refractivity contribution in [3.8, 4) is 5.69 Å². The Kier molecular flexibility index (Phi) is 2.66. The zero-order chi connectivity index (χ0) is 13.6. The molecular weight excluding hydrogens is 234 g/mol. The van der Waals surface area contributed by atoms with Crippen molar-refractivity contribution < 1.29 is 0 Å². The van der Waals surface area contributed by atoms with Crippen molar-refractivity contribution in [2.45, 2.75) is 45.4 Å². The molecule has 1 aromatic carbocycles. The number of rotatable bonds is 1. The second kappa shape index (κ2) is 4.12. The van der Waals surface area contributed by atoms with Crippen LogP contribution in [0.4, 0.5) is 5.82 Å². The first-order chi connectivity index (χ1) is 8.97. The predicted octanol–water partition coefficient (Wildman–Crippen LogP) is 3.24. The summed E-state index contributed by atoms with van der Waals surface area (Å²) in [6.45, 7) is 6.68. The predicted molar refractivity (Wildman–Crippen MR) is 78.7 cm³/mol. The average molecular weight is 255 g/mol. The highest BCUT2D eigenvalue weighted by molar-refractivity contribution is 5.49. The van der Waals surface area contributed by atoms with Crippen LogP contribution in [0, 0.1) is 0 Å². The Morgan fingerprint density at radius 3 is 2.42 bits per heavy atom. The monoisotopic (exact) mass is 255 g/mol. The van der Waals surface area contributed by atoms with E-state index in [9.17, 15) is 0 Å². The smallest absolute Gasteiger partial charge is 0.149 e. The van der Waals surface area contributed by atoms with Crippen molar-refractivity contribution in [3.05, 3.63) is 41.1 Å². The zero-order valence-corrected chi connectivity index (χ0v) is 11.9. The van der Waals surface area contributed by atoms with Crippen LogP contribution in [0.15, 0.2) is 24.3 Å². The van der Waals surface area contributed by atoms with Crippen LogP contribution in [0.1, 0.15) is 44.0 Å². The molecule has 0 amide bonds. The second-order valence-electron chi connectivity index (χ2n) is 6.37. The number of fused-ring (bicyclic) bond motifs is 1. The van der Waals surface area contributed by atoms with Gasteiger partial charge in [0.1, 0.15) is 5.82 Å². The number of nitrogen functional groups attached to an aromatic ring is 1. The van der Waals surface area contributed by atoms with Crippen molar-refractivity contribution in [1.29, 1.82) is 0 Å². The maximum atomic E-state index is 6.00. The van der Waals surface area contributed by atoms with Gasteiger partial charge in [0.15, 0.2) is 0 Å². The molecule has 19 heavy (non-hydrogen) atoms. The molecular formula is C16H21N3. The highest BCUT2D eigenvalue weighted by Crippen LogP contribution is 2.30. The highest BCUT2D eigenvalue weighted by atomic mass is 15.3. The minimum Gasteiger partial charge on any atom is -0.382 e. The fourth-order valence-electron chi connectivity index (χ4n) is 2.78. The lowest BCUT2D eigenvalue weighted by molar-refractivity contribution is 0.590. The third-order valence-corrected chi connectivity index (χ3v) is 3.94. The maximum Gasteiger partial charge on any atom is 0.149 e. The SMILES string of the molecule is CC(C)(C)c1ccc(-n2nc(N)c3c2CCC3)cc1. The van der Waals surface area contributed by atoms with Gasteiger partial charge in [-0.1, -0.05) is 32.9 Å². The fraction of sp³-hybridized carbons (Fsp3) is 0.438. The van der Waals surface area contributed by atoms with Gasteiger partial charge in [-0.2, -0.15) is 5.10 Å².